The van der Waals surface area contributed by atoms with Gasteiger partial charge in [-0.1, -0.05) is 431 Å². The van der Waals surface area contributed by atoms with E-state index in [2.05, 4.69) is 491 Å². The van der Waals surface area contributed by atoms with Crippen molar-refractivity contribution in [2.45, 2.75) is 0 Å². The first-order valence-electron chi connectivity index (χ1n) is 49.7. The number of rotatable bonds is 12. The molecule has 147 heavy (non-hydrogen) atoms. The fourth-order valence-electron chi connectivity index (χ4n) is 22.2. The summed E-state index contributed by atoms with van der Waals surface area (Å²) in [7, 11) is 0. The quantitative estimate of drug-likeness (QED) is 0.113. The number of hydrogen-bond acceptors (Lipinski definition) is 9. The van der Waals surface area contributed by atoms with Crippen molar-refractivity contribution in [3.05, 3.63) is 510 Å². The molecule has 0 aliphatic rings. The summed E-state index contributed by atoms with van der Waals surface area (Å²) in [5.41, 5.74) is 33.1. The lowest BCUT2D eigenvalue weighted by Crippen LogP contribution is -1.94. The van der Waals surface area contributed by atoms with Crippen molar-refractivity contribution in [3.63, 3.8) is 0 Å². The van der Waals surface area contributed by atoms with Gasteiger partial charge in [0, 0.05) is 126 Å². The second-order valence-electron chi connectivity index (χ2n) is 37.6. The molecule has 0 radical (unpaired) electrons. The van der Waals surface area contributed by atoms with Gasteiger partial charge in [-0.2, -0.15) is 0 Å². The van der Waals surface area contributed by atoms with Crippen LogP contribution in [0.1, 0.15) is 0 Å². The van der Waals surface area contributed by atoms with E-state index in [0.717, 1.165) is 127 Å². The molecule has 0 aliphatic carbocycles. The van der Waals surface area contributed by atoms with Crippen LogP contribution in [0, 0.1) is 0 Å². The van der Waals surface area contributed by atoms with Crippen molar-refractivity contribution in [2.24, 2.45) is 0 Å². The lowest BCUT2D eigenvalue weighted by atomic mass is 9.91. The number of fused-ring (bicyclic) bond motifs is 27. The summed E-state index contributed by atoms with van der Waals surface area (Å²) in [5, 5.41) is 21.6. The van der Waals surface area contributed by atoms with Crippen LogP contribution in [0.4, 0.5) is 0 Å². The predicted molar refractivity (Wildman–Crippen MR) is 628 cm³/mol. The van der Waals surface area contributed by atoms with Crippen LogP contribution < -0.4 is 0 Å². The van der Waals surface area contributed by atoms with Gasteiger partial charge in [0.15, 0.2) is 0 Å². The molecule has 0 N–H and O–H groups in total. The Morgan fingerprint density at radius 3 is 0.721 bits per heavy atom. The van der Waals surface area contributed by atoms with Gasteiger partial charge in [0.2, 0.25) is 0 Å². The average molecular weight is 1920 g/mol. The third-order valence-corrected chi connectivity index (χ3v) is 32.8. The van der Waals surface area contributed by atoms with Gasteiger partial charge in [0.1, 0.15) is 0 Å². The first-order chi connectivity index (χ1) is 72.9. The summed E-state index contributed by atoms with van der Waals surface area (Å²) in [4.78, 5) is 31.4. The van der Waals surface area contributed by atoms with E-state index in [1.807, 2.05) is 52.6 Å². The molecular formula is C138H84N6S3. The third-order valence-electron chi connectivity index (χ3n) is 29.1. The van der Waals surface area contributed by atoms with Crippen molar-refractivity contribution in [1.29, 1.82) is 0 Å². The monoisotopic (exact) mass is 1920 g/mol. The molecule has 0 aliphatic heterocycles. The van der Waals surface area contributed by atoms with Gasteiger partial charge in [0.25, 0.3) is 0 Å². The van der Waals surface area contributed by atoms with E-state index in [1.165, 1.54) is 165 Å². The van der Waals surface area contributed by atoms with E-state index < -0.39 is 0 Å². The summed E-state index contributed by atoms with van der Waals surface area (Å²) < 4.78 is 7.79. The van der Waals surface area contributed by atoms with Crippen LogP contribution in [0.25, 0.3) is 292 Å². The summed E-state index contributed by atoms with van der Waals surface area (Å²) in [6, 6.07) is 176. The first-order valence-corrected chi connectivity index (χ1v) is 52.2. The zero-order valence-electron chi connectivity index (χ0n) is 79.4. The van der Waals surface area contributed by atoms with E-state index in [-0.39, 0.29) is 0 Å². The molecule has 0 fully saturated rings. The van der Waals surface area contributed by atoms with Crippen LogP contribution in [-0.2, 0) is 0 Å². The highest BCUT2D eigenvalue weighted by Crippen LogP contribution is 2.53. The van der Waals surface area contributed by atoms with Gasteiger partial charge in [-0.25, -0.2) is 15.0 Å². The van der Waals surface area contributed by atoms with Crippen LogP contribution in [0.5, 0.6) is 0 Å². The Kier molecular flexibility index (Phi) is 21.4. The van der Waals surface area contributed by atoms with Gasteiger partial charge in [-0.15, -0.1) is 34.0 Å². The lowest BCUT2D eigenvalue weighted by Gasteiger charge is -2.14. The number of thiophene rings is 3. The van der Waals surface area contributed by atoms with Gasteiger partial charge in [-0.05, 0) is 176 Å². The van der Waals surface area contributed by atoms with Gasteiger partial charge in [-0.3, -0.25) is 15.0 Å². The number of hydrogen-bond donors (Lipinski definition) is 0. The maximum Gasteiger partial charge on any atom is 0.0979 e. The predicted octanol–water partition coefficient (Wildman–Crippen LogP) is 38.9. The zero-order chi connectivity index (χ0) is 96.9. The molecule has 0 atom stereocenters. The van der Waals surface area contributed by atoms with Gasteiger partial charge in [0.05, 0.1) is 68.8 Å². The molecule has 0 spiro atoms. The Hall–Kier alpha value is -18.5. The maximum atomic E-state index is 5.42. The minimum atomic E-state index is 0.859. The lowest BCUT2D eigenvalue weighted by molar-refractivity contribution is 1.31. The maximum absolute atomic E-state index is 5.42. The highest BCUT2D eigenvalue weighted by atomic mass is 32.1. The Balaban J connectivity index is 0.000000107. The van der Waals surface area contributed by atoms with Crippen LogP contribution in [0.3, 0.4) is 0 Å². The standard InChI is InChI=1S/C52H32N2S.C46H28N2S.C40H24N2S/c1-4-16-33(17-5-1)36-28-44(34-18-6-2-7-19-34)51-46(29-36)47-31-37(30-45(52(47)55-51)35-20-8-3-9-21-35)38-22-10-13-25-41(38)48-32-53-49-42-26-14-11-23-39(42)40-24-12-15-27-43(40)50(49)54-48;1-3-14-29(15-4-1)33-24-13-25-39-41-27-31(26-40(46(41)49-45(33)39)30-16-5-2-6-17-30)32-18-7-10-21-36(32)42-28-47-43-37-22-11-8-19-34(37)35-20-9-12-23-38(35)44(43)48-42;1-2-10-25(11-3-1)26-18-20-37-34(22-26)35-23-27(19-21-38(35)43-37)28-12-4-7-15-31(28)36-24-41-39-32-16-8-5-13-29(32)30-14-6-9-17-33(30)40(39)42-36/h1-32H;1-28H;1-24H. The van der Waals surface area contributed by atoms with E-state index in [0.29, 0.717) is 0 Å². The van der Waals surface area contributed by atoms with Crippen LogP contribution in [0.15, 0.2) is 510 Å². The van der Waals surface area contributed by atoms with Crippen molar-refractivity contribution >= 4 is 192 Å². The molecule has 9 heteroatoms. The Morgan fingerprint density at radius 1 is 0.122 bits per heavy atom. The molecule has 0 saturated carbocycles. The SMILES string of the molecule is c1ccc(-c2cc(-c3ccccc3)c3sc4c(-c5ccccc5)cc(-c5ccccc5-c5cnc6c7ccccc7c7ccccc7c6n5)cc4c3c2)cc1.c1ccc(-c2ccc3sc4ccc(-c5ccccc5-c5cnc6c7ccccc7c7ccccc7c6n5)cc4c3c2)cc1.c1ccc(-c2cccc3c2sc2c(-c4ccccc4)cc(-c4ccccc4-c4cnc5c6ccccc6c6ccccc6c5n4)cc23)cc1. The highest BCUT2D eigenvalue weighted by molar-refractivity contribution is 7.27. The minimum absolute atomic E-state index is 0.859. The molecule has 0 saturated heterocycles. The molecule has 6 aromatic heterocycles. The number of aromatic nitrogens is 6. The van der Waals surface area contributed by atoms with Crippen molar-refractivity contribution in [3.8, 4) is 134 Å². The molecule has 0 amide bonds. The third kappa shape index (κ3) is 15.2. The average Bonchev–Trinajstić information content (AvgIpc) is 1.39. The molecule has 6 nitrogen and oxygen atoms in total. The summed E-state index contributed by atoms with van der Waals surface area (Å²) in [5.74, 6) is 0. The van der Waals surface area contributed by atoms with E-state index in [1.54, 1.807) is 0 Å². The number of nitrogens with zero attached hydrogens (tertiary/aromatic N) is 6. The van der Waals surface area contributed by atoms with Crippen LogP contribution >= 0.6 is 34.0 Å². The minimum Gasteiger partial charge on any atom is -0.252 e. The van der Waals surface area contributed by atoms with Crippen molar-refractivity contribution in [2.75, 3.05) is 0 Å². The molecule has 24 aromatic carbocycles. The van der Waals surface area contributed by atoms with E-state index in [9.17, 15) is 0 Å². The smallest absolute Gasteiger partial charge is 0.0979 e. The summed E-state index contributed by atoms with van der Waals surface area (Å²) >= 11 is 5.64. The fourth-order valence-corrected chi connectivity index (χ4v) is 26.0. The largest absolute Gasteiger partial charge is 0.252 e. The Morgan fingerprint density at radius 2 is 0.361 bits per heavy atom. The molecular weight excluding hydrogens is 1840 g/mol. The van der Waals surface area contributed by atoms with Crippen molar-refractivity contribution < 1.29 is 0 Å². The van der Waals surface area contributed by atoms with Gasteiger partial charge >= 0.3 is 0 Å². The normalized spacial score (nSPS) is 11.7. The molecule has 0 bridgehead atoms. The summed E-state index contributed by atoms with van der Waals surface area (Å²) in [6.45, 7) is 0. The van der Waals surface area contributed by atoms with E-state index in [4.69, 9.17) is 29.9 Å². The first kappa shape index (κ1) is 86.4. The Labute approximate surface area is 859 Å². The molecule has 30 rings (SSSR count). The topological polar surface area (TPSA) is 77.3 Å². The second-order valence-corrected chi connectivity index (χ2v) is 40.7. The molecule has 30 aromatic rings. The summed E-state index contributed by atoms with van der Waals surface area (Å²) in [6.07, 6.45) is 5.84. The molecule has 684 valence electrons. The van der Waals surface area contributed by atoms with Crippen LogP contribution in [-0.4, -0.2) is 29.9 Å². The van der Waals surface area contributed by atoms with Gasteiger partial charge < -0.3 is 0 Å². The second kappa shape index (κ2) is 36.5. The van der Waals surface area contributed by atoms with Crippen LogP contribution in [0.2, 0.25) is 0 Å². The van der Waals surface area contributed by atoms with Crippen molar-refractivity contribution in [1.82, 2.24) is 29.9 Å². The molecule has 0 unspecified atom stereocenters. The van der Waals surface area contributed by atoms with E-state index >= 15 is 0 Å². The Bertz CT molecular complexity index is 10400. The fraction of sp³-hybridized carbons (Fsp3) is 0. The number of benzene rings is 24. The zero-order valence-corrected chi connectivity index (χ0v) is 81.9. The molecule has 6 heterocycles. The highest BCUT2D eigenvalue weighted by Gasteiger charge is 2.26.